The standard InChI is InChI=1S/C20H34N2O4/c1-17(2)18-3-5-20(6-4-18)26-14-13-25-16-19(24)15-22-9-7-21(8-10-22)11-12-23/h3-6,17,19,23-24H,7-16H2,1-2H3/t19-/m0/s1. The summed E-state index contributed by atoms with van der Waals surface area (Å²) in [6.45, 7) is 10.9. The van der Waals surface area contributed by atoms with Crippen molar-refractivity contribution in [3.63, 3.8) is 0 Å². The highest BCUT2D eigenvalue weighted by atomic mass is 16.5. The highest BCUT2D eigenvalue weighted by molar-refractivity contribution is 5.28. The molecule has 1 aromatic carbocycles. The molecule has 0 amide bonds. The molecule has 1 atom stereocenters. The van der Waals surface area contributed by atoms with E-state index < -0.39 is 6.10 Å². The molecule has 148 valence electrons. The van der Waals surface area contributed by atoms with E-state index >= 15 is 0 Å². The van der Waals surface area contributed by atoms with Gasteiger partial charge in [0.1, 0.15) is 12.4 Å². The first-order valence-electron chi connectivity index (χ1n) is 9.62. The molecule has 1 aliphatic heterocycles. The Hall–Kier alpha value is -1.18. The molecule has 26 heavy (non-hydrogen) atoms. The molecule has 2 rings (SSSR count). The Bertz CT molecular complexity index is 487. The summed E-state index contributed by atoms with van der Waals surface area (Å²) in [4.78, 5) is 4.49. The van der Waals surface area contributed by atoms with E-state index in [9.17, 15) is 5.11 Å². The van der Waals surface area contributed by atoms with Gasteiger partial charge in [0.25, 0.3) is 0 Å². The van der Waals surface area contributed by atoms with Crippen molar-refractivity contribution in [1.29, 1.82) is 0 Å². The fourth-order valence-corrected chi connectivity index (χ4v) is 3.07. The Labute approximate surface area is 157 Å². The van der Waals surface area contributed by atoms with Crippen LogP contribution in [-0.2, 0) is 4.74 Å². The smallest absolute Gasteiger partial charge is 0.119 e. The molecule has 1 aromatic rings. The van der Waals surface area contributed by atoms with Gasteiger partial charge in [-0.25, -0.2) is 0 Å². The van der Waals surface area contributed by atoms with Gasteiger partial charge in [-0.15, -0.1) is 0 Å². The summed E-state index contributed by atoms with van der Waals surface area (Å²) in [5.74, 6) is 1.37. The van der Waals surface area contributed by atoms with Crippen LogP contribution in [0.3, 0.4) is 0 Å². The van der Waals surface area contributed by atoms with Crippen LogP contribution in [0.5, 0.6) is 5.75 Å². The van der Waals surface area contributed by atoms with E-state index in [1.54, 1.807) is 0 Å². The number of rotatable bonds is 11. The van der Waals surface area contributed by atoms with Crippen LogP contribution in [-0.4, -0.2) is 91.8 Å². The number of aliphatic hydroxyl groups is 2. The summed E-state index contributed by atoms with van der Waals surface area (Å²) in [6.07, 6.45) is -0.482. The number of piperazine rings is 1. The number of ether oxygens (including phenoxy) is 2. The fourth-order valence-electron chi connectivity index (χ4n) is 3.07. The Morgan fingerprint density at radius 3 is 2.27 bits per heavy atom. The van der Waals surface area contributed by atoms with E-state index in [1.165, 1.54) is 5.56 Å². The van der Waals surface area contributed by atoms with Gasteiger partial charge < -0.3 is 19.7 Å². The maximum atomic E-state index is 10.1. The number of hydrogen-bond acceptors (Lipinski definition) is 6. The lowest BCUT2D eigenvalue weighted by Gasteiger charge is -2.35. The minimum Gasteiger partial charge on any atom is -0.491 e. The van der Waals surface area contributed by atoms with Crippen LogP contribution in [0.25, 0.3) is 0 Å². The van der Waals surface area contributed by atoms with Gasteiger partial charge in [0, 0.05) is 39.3 Å². The second-order valence-electron chi connectivity index (χ2n) is 7.17. The highest BCUT2D eigenvalue weighted by Gasteiger charge is 2.18. The predicted octanol–water partition coefficient (Wildman–Crippen LogP) is 1.18. The van der Waals surface area contributed by atoms with Crippen LogP contribution in [0, 0.1) is 0 Å². The maximum absolute atomic E-state index is 10.1. The average Bonchev–Trinajstić information content (AvgIpc) is 2.63. The molecule has 6 heteroatoms. The normalized spacial score (nSPS) is 17.6. The quantitative estimate of drug-likeness (QED) is 0.574. The lowest BCUT2D eigenvalue weighted by atomic mass is 10.0. The third-order valence-corrected chi connectivity index (χ3v) is 4.70. The number of nitrogens with zero attached hydrogens (tertiary/aromatic N) is 2. The van der Waals surface area contributed by atoms with Crippen molar-refractivity contribution in [2.24, 2.45) is 0 Å². The largest absolute Gasteiger partial charge is 0.491 e. The number of benzene rings is 1. The Kier molecular flexibility index (Phi) is 9.36. The van der Waals surface area contributed by atoms with Crippen LogP contribution in [0.2, 0.25) is 0 Å². The highest BCUT2D eigenvalue weighted by Crippen LogP contribution is 2.18. The van der Waals surface area contributed by atoms with E-state index in [0.717, 1.165) is 38.5 Å². The summed E-state index contributed by atoms with van der Waals surface area (Å²) in [5, 5.41) is 19.1. The van der Waals surface area contributed by atoms with Crippen molar-refractivity contribution in [2.75, 3.05) is 65.7 Å². The molecule has 2 N–H and O–H groups in total. The molecule has 0 aliphatic carbocycles. The summed E-state index contributed by atoms with van der Waals surface area (Å²) in [6, 6.07) is 8.15. The molecule has 0 unspecified atom stereocenters. The minimum absolute atomic E-state index is 0.209. The van der Waals surface area contributed by atoms with Gasteiger partial charge in [0.15, 0.2) is 0 Å². The van der Waals surface area contributed by atoms with Crippen LogP contribution < -0.4 is 4.74 Å². The van der Waals surface area contributed by atoms with Crippen molar-refractivity contribution in [1.82, 2.24) is 9.80 Å². The molecule has 0 spiro atoms. The van der Waals surface area contributed by atoms with Gasteiger partial charge in [0.2, 0.25) is 0 Å². The number of β-amino-alcohol motifs (C(OH)–C–C–N with tert-alkyl or cyclic N) is 2. The molecule has 1 heterocycles. The summed E-state index contributed by atoms with van der Waals surface area (Å²) < 4.78 is 11.2. The molecular formula is C20H34N2O4. The zero-order chi connectivity index (χ0) is 18.8. The van der Waals surface area contributed by atoms with Gasteiger partial charge in [-0.3, -0.25) is 9.80 Å². The Morgan fingerprint density at radius 2 is 1.65 bits per heavy atom. The molecule has 6 nitrogen and oxygen atoms in total. The molecule has 1 aliphatic rings. The topological polar surface area (TPSA) is 65.4 Å². The third kappa shape index (κ3) is 7.60. The molecule has 0 saturated carbocycles. The minimum atomic E-state index is -0.482. The average molecular weight is 367 g/mol. The van der Waals surface area contributed by atoms with E-state index in [2.05, 4.69) is 35.8 Å². The predicted molar refractivity (Wildman–Crippen MR) is 103 cm³/mol. The van der Waals surface area contributed by atoms with Crippen LogP contribution >= 0.6 is 0 Å². The van der Waals surface area contributed by atoms with Crippen LogP contribution in [0.4, 0.5) is 0 Å². The van der Waals surface area contributed by atoms with Gasteiger partial charge in [0.05, 0.1) is 25.9 Å². The third-order valence-electron chi connectivity index (χ3n) is 4.70. The molecule has 0 radical (unpaired) electrons. The van der Waals surface area contributed by atoms with Gasteiger partial charge in [-0.2, -0.15) is 0 Å². The second kappa shape index (κ2) is 11.5. The fraction of sp³-hybridized carbons (Fsp3) is 0.700. The zero-order valence-electron chi connectivity index (χ0n) is 16.1. The lowest BCUT2D eigenvalue weighted by molar-refractivity contribution is -0.000763. The van der Waals surface area contributed by atoms with E-state index in [4.69, 9.17) is 14.6 Å². The van der Waals surface area contributed by atoms with Gasteiger partial charge in [-0.05, 0) is 23.6 Å². The van der Waals surface area contributed by atoms with Crippen molar-refractivity contribution in [3.05, 3.63) is 29.8 Å². The molecule has 0 aromatic heterocycles. The van der Waals surface area contributed by atoms with E-state index in [-0.39, 0.29) is 6.61 Å². The molecule has 1 fully saturated rings. The van der Waals surface area contributed by atoms with Gasteiger partial charge in [-0.1, -0.05) is 26.0 Å². The van der Waals surface area contributed by atoms with Crippen molar-refractivity contribution in [3.8, 4) is 5.75 Å². The van der Waals surface area contributed by atoms with Crippen molar-refractivity contribution in [2.45, 2.75) is 25.9 Å². The first-order chi connectivity index (χ1) is 12.6. The lowest BCUT2D eigenvalue weighted by Crippen LogP contribution is -2.49. The number of aliphatic hydroxyl groups excluding tert-OH is 2. The summed E-state index contributed by atoms with van der Waals surface area (Å²) >= 11 is 0. The van der Waals surface area contributed by atoms with E-state index in [1.807, 2.05) is 12.1 Å². The molecular weight excluding hydrogens is 332 g/mol. The Balaban J connectivity index is 1.53. The van der Waals surface area contributed by atoms with Crippen LogP contribution in [0.15, 0.2) is 24.3 Å². The SMILES string of the molecule is CC(C)c1ccc(OCCOC[C@@H](O)CN2CCN(CCO)CC2)cc1. The zero-order valence-corrected chi connectivity index (χ0v) is 16.1. The van der Waals surface area contributed by atoms with Crippen molar-refractivity contribution < 1.29 is 19.7 Å². The summed E-state index contributed by atoms with van der Waals surface area (Å²) in [5.41, 5.74) is 1.30. The molecule has 1 saturated heterocycles. The maximum Gasteiger partial charge on any atom is 0.119 e. The molecule has 0 bridgehead atoms. The first kappa shape index (κ1) is 21.1. The monoisotopic (exact) mass is 366 g/mol. The first-order valence-corrected chi connectivity index (χ1v) is 9.62. The van der Waals surface area contributed by atoms with Gasteiger partial charge >= 0.3 is 0 Å². The van der Waals surface area contributed by atoms with Crippen LogP contribution in [0.1, 0.15) is 25.3 Å². The number of hydrogen-bond donors (Lipinski definition) is 2. The Morgan fingerprint density at radius 1 is 1.00 bits per heavy atom. The van der Waals surface area contributed by atoms with E-state index in [0.29, 0.717) is 32.3 Å². The summed E-state index contributed by atoms with van der Waals surface area (Å²) in [7, 11) is 0. The van der Waals surface area contributed by atoms with Crippen molar-refractivity contribution >= 4 is 0 Å². The second-order valence-corrected chi connectivity index (χ2v) is 7.17.